The van der Waals surface area contributed by atoms with Crippen molar-refractivity contribution in [1.29, 1.82) is 0 Å². The summed E-state index contributed by atoms with van der Waals surface area (Å²) in [5.74, 6) is 2.60. The molecule has 5 rings (SSSR count). The molecule has 3 aliphatic rings. The van der Waals surface area contributed by atoms with E-state index in [2.05, 4.69) is 61.7 Å². The number of hydrogen-bond acceptors (Lipinski definition) is 6. The van der Waals surface area contributed by atoms with Gasteiger partial charge in [0.25, 0.3) is 0 Å². The van der Waals surface area contributed by atoms with Crippen LogP contribution in [0, 0.1) is 0 Å². The average Bonchev–Trinajstić information content (AvgIpc) is 3.40. The highest BCUT2D eigenvalue weighted by Crippen LogP contribution is 2.26. The zero-order valence-electron chi connectivity index (χ0n) is 19.4. The molecule has 0 unspecified atom stereocenters. The number of aromatic nitrogens is 2. The lowest BCUT2D eigenvalue weighted by atomic mass is 9.96. The Hall–Kier alpha value is -2.61. The molecule has 2 saturated heterocycles. The maximum absolute atomic E-state index is 5.63. The third-order valence-electron chi connectivity index (χ3n) is 7.02. The van der Waals surface area contributed by atoms with Crippen molar-refractivity contribution in [2.24, 2.45) is 0 Å². The molecule has 0 bridgehead atoms. The van der Waals surface area contributed by atoms with Gasteiger partial charge in [-0.2, -0.15) is 9.97 Å². The van der Waals surface area contributed by atoms with Gasteiger partial charge in [-0.25, -0.2) is 0 Å². The maximum atomic E-state index is 5.63. The predicted octanol–water partition coefficient (Wildman–Crippen LogP) is 4.02. The Morgan fingerprint density at radius 1 is 0.758 bits per heavy atom. The molecule has 1 aromatic carbocycles. The van der Waals surface area contributed by atoms with Crippen LogP contribution in [0.5, 0.6) is 0 Å². The van der Waals surface area contributed by atoms with Gasteiger partial charge in [0.1, 0.15) is 11.6 Å². The lowest BCUT2D eigenvalue weighted by Crippen LogP contribution is -2.47. The largest absolute Gasteiger partial charge is 0.368 e. The first-order valence-corrected chi connectivity index (χ1v) is 12.9. The van der Waals surface area contributed by atoms with Gasteiger partial charge in [-0.3, -0.25) is 0 Å². The molecule has 176 valence electrons. The summed E-state index contributed by atoms with van der Waals surface area (Å²) in [5, 5.41) is 7.43. The van der Waals surface area contributed by atoms with Crippen LogP contribution in [0.3, 0.4) is 0 Å². The summed E-state index contributed by atoms with van der Waals surface area (Å²) >= 11 is 5.63. The molecule has 1 aliphatic carbocycles. The van der Waals surface area contributed by atoms with E-state index < -0.39 is 0 Å². The summed E-state index contributed by atoms with van der Waals surface area (Å²) in [6.07, 6.45) is 8.71. The molecule has 8 heteroatoms. The third kappa shape index (κ3) is 5.66. The van der Waals surface area contributed by atoms with E-state index in [1.54, 1.807) is 0 Å². The Bertz CT molecular complexity index is 918. The van der Waals surface area contributed by atoms with Crippen LogP contribution in [0.15, 0.2) is 36.4 Å². The van der Waals surface area contributed by atoms with Gasteiger partial charge < -0.3 is 25.3 Å². The molecule has 2 N–H and O–H groups in total. The molecule has 3 heterocycles. The van der Waals surface area contributed by atoms with Crippen molar-refractivity contribution in [2.45, 2.75) is 51.0 Å². The number of piperazine rings is 1. The number of hydrogen-bond donors (Lipinski definition) is 2. The van der Waals surface area contributed by atoms with Crippen molar-refractivity contribution in [3.8, 4) is 0 Å². The van der Waals surface area contributed by atoms with Gasteiger partial charge in [-0.1, -0.05) is 37.5 Å². The fraction of sp³-hybridized carbons (Fsp3) is 0.560. The van der Waals surface area contributed by atoms with E-state index in [4.69, 9.17) is 22.2 Å². The van der Waals surface area contributed by atoms with E-state index >= 15 is 0 Å². The Morgan fingerprint density at radius 2 is 1.36 bits per heavy atom. The minimum Gasteiger partial charge on any atom is -0.368 e. The van der Waals surface area contributed by atoms with Crippen LogP contribution in [-0.4, -0.2) is 60.4 Å². The summed E-state index contributed by atoms with van der Waals surface area (Å²) in [4.78, 5) is 16.9. The number of nitrogens with one attached hydrogen (secondary N) is 2. The van der Waals surface area contributed by atoms with Gasteiger partial charge in [-0.15, -0.1) is 0 Å². The number of rotatable bonds is 5. The third-order valence-corrected chi connectivity index (χ3v) is 7.24. The first-order chi connectivity index (χ1) is 16.2. The molecular weight excluding hydrogens is 430 g/mol. The number of benzene rings is 1. The first kappa shape index (κ1) is 22.2. The van der Waals surface area contributed by atoms with Crippen molar-refractivity contribution in [2.75, 3.05) is 59.3 Å². The van der Waals surface area contributed by atoms with Crippen LogP contribution in [0.2, 0.25) is 0 Å². The Morgan fingerprint density at radius 3 is 2.03 bits per heavy atom. The highest BCUT2D eigenvalue weighted by Gasteiger charge is 2.22. The smallest absolute Gasteiger partial charge is 0.232 e. The van der Waals surface area contributed by atoms with Crippen LogP contribution in [0.4, 0.5) is 23.3 Å². The molecule has 0 radical (unpaired) electrons. The van der Waals surface area contributed by atoms with E-state index in [1.807, 2.05) is 0 Å². The Kier molecular flexibility index (Phi) is 7.09. The van der Waals surface area contributed by atoms with Crippen LogP contribution in [-0.2, 0) is 0 Å². The molecule has 7 nitrogen and oxygen atoms in total. The Balaban J connectivity index is 1.29. The monoisotopic (exact) mass is 465 g/mol. The minimum absolute atomic E-state index is 0.464. The van der Waals surface area contributed by atoms with Gasteiger partial charge in [0.2, 0.25) is 5.95 Å². The standard InChI is InChI=1S/C25H35N7S/c33-25(26-20-9-3-1-4-10-20)29-24-27-22(31-13-7-8-14-31)19-23(28-24)32-17-15-30(16-18-32)21-11-5-2-6-12-21/h2,5-6,11-12,19-20H,1,3-4,7-10,13-18H2,(H2,26,27,28,29,33). The molecule has 1 saturated carbocycles. The zero-order chi connectivity index (χ0) is 22.5. The second-order valence-electron chi connectivity index (χ2n) is 9.35. The van der Waals surface area contributed by atoms with Crippen molar-refractivity contribution in [3.05, 3.63) is 36.4 Å². The lowest BCUT2D eigenvalue weighted by Gasteiger charge is -2.37. The van der Waals surface area contributed by atoms with Crippen molar-refractivity contribution < 1.29 is 0 Å². The lowest BCUT2D eigenvalue weighted by molar-refractivity contribution is 0.414. The van der Waals surface area contributed by atoms with Crippen molar-refractivity contribution in [1.82, 2.24) is 15.3 Å². The first-order valence-electron chi connectivity index (χ1n) is 12.5. The number of thiocarbonyl (C=S) groups is 1. The molecular formula is C25H35N7S. The topological polar surface area (TPSA) is 59.6 Å². The summed E-state index contributed by atoms with van der Waals surface area (Å²) in [6, 6.07) is 13.3. The van der Waals surface area contributed by atoms with Crippen molar-refractivity contribution >= 4 is 40.6 Å². The molecule has 33 heavy (non-hydrogen) atoms. The number of para-hydroxylation sites is 1. The zero-order valence-corrected chi connectivity index (χ0v) is 20.2. The van der Waals surface area contributed by atoms with Gasteiger partial charge in [0, 0.05) is 57.1 Å². The van der Waals surface area contributed by atoms with Crippen LogP contribution >= 0.6 is 12.2 Å². The fourth-order valence-corrected chi connectivity index (χ4v) is 5.41. The summed E-state index contributed by atoms with van der Waals surface area (Å²) in [7, 11) is 0. The summed E-state index contributed by atoms with van der Waals surface area (Å²) in [5.41, 5.74) is 1.29. The Labute approximate surface area is 202 Å². The molecule has 2 aromatic rings. The van der Waals surface area contributed by atoms with E-state index in [0.29, 0.717) is 17.1 Å². The highest BCUT2D eigenvalue weighted by molar-refractivity contribution is 7.80. The predicted molar refractivity (Wildman–Crippen MR) is 141 cm³/mol. The second kappa shape index (κ2) is 10.5. The normalized spacial score (nSPS) is 19.6. The van der Waals surface area contributed by atoms with Crippen LogP contribution < -0.4 is 25.3 Å². The van der Waals surface area contributed by atoms with Crippen molar-refractivity contribution in [3.63, 3.8) is 0 Å². The van der Waals surface area contributed by atoms with Gasteiger partial charge in [0.15, 0.2) is 5.11 Å². The number of anilines is 4. The van der Waals surface area contributed by atoms with Crippen LogP contribution in [0.25, 0.3) is 0 Å². The quantitative estimate of drug-likeness (QED) is 0.642. The fourth-order valence-electron chi connectivity index (χ4n) is 5.15. The van der Waals surface area contributed by atoms with Gasteiger partial charge in [-0.05, 0) is 50.0 Å². The van der Waals surface area contributed by atoms with E-state index in [9.17, 15) is 0 Å². The van der Waals surface area contributed by atoms with E-state index in [0.717, 1.165) is 50.9 Å². The maximum Gasteiger partial charge on any atom is 0.232 e. The molecule has 3 fully saturated rings. The number of nitrogens with zero attached hydrogens (tertiary/aromatic N) is 5. The highest BCUT2D eigenvalue weighted by atomic mass is 32.1. The minimum atomic E-state index is 0.464. The summed E-state index contributed by atoms with van der Waals surface area (Å²) in [6.45, 7) is 5.96. The van der Waals surface area contributed by atoms with E-state index in [1.165, 1.54) is 50.6 Å². The molecule has 0 atom stereocenters. The molecule has 0 amide bonds. The average molecular weight is 466 g/mol. The summed E-state index contributed by atoms with van der Waals surface area (Å²) < 4.78 is 0. The van der Waals surface area contributed by atoms with Gasteiger partial charge >= 0.3 is 0 Å². The van der Waals surface area contributed by atoms with Crippen LogP contribution in [0.1, 0.15) is 44.9 Å². The second-order valence-corrected chi connectivity index (χ2v) is 9.75. The van der Waals surface area contributed by atoms with E-state index in [-0.39, 0.29) is 0 Å². The molecule has 2 aliphatic heterocycles. The van der Waals surface area contributed by atoms with Gasteiger partial charge in [0.05, 0.1) is 0 Å². The molecule has 0 spiro atoms. The SMILES string of the molecule is S=C(Nc1nc(N2CCCC2)cc(N2CCN(c3ccccc3)CC2)n1)NC1CCCCC1. The molecule has 1 aromatic heterocycles.